The number of hydrogen-bond donors (Lipinski definition) is 2. The number of nitrogens with one attached hydrogen (secondary N) is 2. The minimum atomic E-state index is -0.152. The Kier molecular flexibility index (Phi) is 8.86. The number of ether oxygens (including phenoxy) is 1. The maximum absolute atomic E-state index is 12.6. The molecule has 12 heteroatoms. The third-order valence-corrected chi connectivity index (χ3v) is 7.98. The Hall–Kier alpha value is -4.73. The van der Waals surface area contributed by atoms with E-state index in [1.165, 1.54) is 0 Å². The zero-order valence-electron chi connectivity index (χ0n) is 25.5. The number of anilines is 4. The molecule has 4 aromatic rings. The molecule has 0 bridgehead atoms. The Morgan fingerprint density at radius 1 is 1.02 bits per heavy atom. The molecule has 2 fully saturated rings. The number of H-pyrrole nitrogens is 1. The molecule has 0 unspecified atom stereocenters. The maximum Gasteiger partial charge on any atom is 0.298 e. The van der Waals surface area contributed by atoms with Gasteiger partial charge in [0.15, 0.2) is 0 Å². The number of carbonyl (C=O) groups excluding carboxylic acids is 1. The van der Waals surface area contributed by atoms with E-state index < -0.39 is 0 Å². The number of aromatic amines is 1. The van der Waals surface area contributed by atoms with Crippen LogP contribution < -0.4 is 15.1 Å². The number of piperidine rings is 1. The molecule has 5 heterocycles. The predicted molar refractivity (Wildman–Crippen MR) is 172 cm³/mol. The van der Waals surface area contributed by atoms with Crippen LogP contribution >= 0.6 is 0 Å². The first-order valence-corrected chi connectivity index (χ1v) is 15.0. The summed E-state index contributed by atoms with van der Waals surface area (Å²) in [6, 6.07) is 10.4. The molecule has 44 heavy (non-hydrogen) atoms. The van der Waals surface area contributed by atoms with Crippen LogP contribution in [0.4, 0.5) is 23.1 Å². The topological polar surface area (TPSA) is 119 Å². The van der Waals surface area contributed by atoms with E-state index in [1.807, 2.05) is 38.2 Å². The Morgan fingerprint density at radius 3 is 2.55 bits per heavy atom. The quantitative estimate of drug-likeness (QED) is 0.309. The number of fused-ring (bicyclic) bond motifs is 1. The lowest BCUT2D eigenvalue weighted by atomic mass is 10.0. The number of hydrogen-bond acceptors (Lipinski definition) is 10. The molecule has 2 saturated heterocycles. The van der Waals surface area contributed by atoms with Crippen LogP contribution in [0.2, 0.25) is 0 Å². The minimum absolute atomic E-state index is 0.0695. The average molecular weight is 595 g/mol. The van der Waals surface area contributed by atoms with Gasteiger partial charge in [0.2, 0.25) is 5.95 Å². The van der Waals surface area contributed by atoms with Crippen LogP contribution in [0, 0.1) is 11.8 Å². The second-order valence-corrected chi connectivity index (χ2v) is 11.4. The van der Waals surface area contributed by atoms with Crippen LogP contribution in [0.3, 0.4) is 0 Å². The van der Waals surface area contributed by atoms with Gasteiger partial charge < -0.3 is 29.7 Å². The van der Waals surface area contributed by atoms with Crippen molar-refractivity contribution in [2.75, 3.05) is 82.2 Å². The summed E-state index contributed by atoms with van der Waals surface area (Å²) in [4.78, 5) is 42.4. The van der Waals surface area contributed by atoms with Crippen molar-refractivity contribution in [2.24, 2.45) is 0 Å². The average Bonchev–Trinajstić information content (AvgIpc) is 3.50. The highest BCUT2D eigenvalue weighted by Gasteiger charge is 2.27. The first-order valence-electron chi connectivity index (χ1n) is 15.0. The number of morpholine rings is 1. The van der Waals surface area contributed by atoms with Crippen LogP contribution in [0.25, 0.3) is 22.3 Å². The van der Waals surface area contributed by atoms with E-state index in [-0.39, 0.29) is 11.9 Å². The Morgan fingerprint density at radius 2 is 1.80 bits per heavy atom. The number of nitrogens with zero attached hydrogens (tertiary/aromatic N) is 8. The summed E-state index contributed by atoms with van der Waals surface area (Å²) < 4.78 is 5.50. The van der Waals surface area contributed by atoms with Gasteiger partial charge in [-0.05, 0) is 56.6 Å². The number of aromatic nitrogens is 5. The number of benzene rings is 1. The lowest BCUT2D eigenvalue weighted by molar-refractivity contribution is -0.126. The standard InChI is InChI=1S/C32H38N10O2/c1-39(2)12-5-7-29(43)40(3)26-6-4-13-42(21-26)32-33-19-25(20-34-32)37-24-10-8-23(9-11-24)28-18-27-30(38-28)35-22-36-31(27)41-14-16-44-17-15-41/h8-11,18-20,22,26,37H,4,6,12-17,21H2,1-3H3,(H,35,36,38)/t26-/m1/s1. The summed E-state index contributed by atoms with van der Waals surface area (Å²) in [5.41, 5.74) is 4.60. The van der Waals surface area contributed by atoms with E-state index in [0.29, 0.717) is 32.3 Å². The van der Waals surface area contributed by atoms with Gasteiger partial charge in [-0.2, -0.15) is 0 Å². The third-order valence-electron chi connectivity index (χ3n) is 7.98. The van der Waals surface area contributed by atoms with Crippen molar-refractivity contribution in [2.45, 2.75) is 18.9 Å². The fourth-order valence-corrected chi connectivity index (χ4v) is 5.54. The van der Waals surface area contributed by atoms with Crippen LogP contribution in [0.15, 0.2) is 49.1 Å². The van der Waals surface area contributed by atoms with E-state index in [1.54, 1.807) is 23.6 Å². The van der Waals surface area contributed by atoms with Crippen LogP contribution in [-0.4, -0.2) is 114 Å². The van der Waals surface area contributed by atoms with Crippen molar-refractivity contribution in [1.29, 1.82) is 0 Å². The van der Waals surface area contributed by atoms with Crippen LogP contribution in [0.5, 0.6) is 0 Å². The van der Waals surface area contributed by atoms with Gasteiger partial charge in [0.1, 0.15) is 17.8 Å². The Bertz CT molecular complexity index is 1640. The smallest absolute Gasteiger partial charge is 0.298 e. The second kappa shape index (κ2) is 13.3. The fraction of sp³-hybridized carbons (Fsp3) is 0.406. The summed E-state index contributed by atoms with van der Waals surface area (Å²) >= 11 is 0. The Balaban J connectivity index is 1.08. The third kappa shape index (κ3) is 6.74. The largest absolute Gasteiger partial charge is 0.378 e. The lowest BCUT2D eigenvalue weighted by Gasteiger charge is -2.36. The van der Waals surface area contributed by atoms with Crippen LogP contribution in [0.1, 0.15) is 12.8 Å². The molecule has 2 N–H and O–H groups in total. The number of amides is 1. The van der Waals surface area contributed by atoms with Crippen molar-refractivity contribution < 1.29 is 9.53 Å². The fourth-order valence-electron chi connectivity index (χ4n) is 5.54. The molecule has 12 nitrogen and oxygen atoms in total. The normalized spacial score (nSPS) is 17.0. The zero-order chi connectivity index (χ0) is 30.5. The van der Waals surface area contributed by atoms with Gasteiger partial charge in [-0.15, -0.1) is 0 Å². The summed E-state index contributed by atoms with van der Waals surface area (Å²) in [6.07, 6.45) is 7.10. The number of rotatable bonds is 7. The summed E-state index contributed by atoms with van der Waals surface area (Å²) in [6.45, 7) is 5.15. The van der Waals surface area contributed by atoms with E-state index in [2.05, 4.69) is 70.1 Å². The molecule has 0 aliphatic carbocycles. The molecule has 1 amide bonds. The molecule has 228 valence electrons. The van der Waals surface area contributed by atoms with E-state index in [4.69, 9.17) is 4.74 Å². The second-order valence-electron chi connectivity index (χ2n) is 11.4. The molecule has 0 saturated carbocycles. The number of likely N-dealkylation sites (N-methyl/N-ethyl adjacent to an activating group) is 1. The highest BCUT2D eigenvalue weighted by Crippen LogP contribution is 2.30. The van der Waals surface area contributed by atoms with Crippen molar-refractivity contribution in [1.82, 2.24) is 34.7 Å². The van der Waals surface area contributed by atoms with Gasteiger partial charge in [-0.1, -0.05) is 18.1 Å². The summed E-state index contributed by atoms with van der Waals surface area (Å²) in [7, 11) is 5.69. The summed E-state index contributed by atoms with van der Waals surface area (Å²) in [5.74, 6) is 7.13. The van der Waals surface area contributed by atoms with Crippen molar-refractivity contribution in [3.8, 4) is 23.1 Å². The van der Waals surface area contributed by atoms with Gasteiger partial charge in [0.25, 0.3) is 5.91 Å². The molecular formula is C32H38N10O2. The summed E-state index contributed by atoms with van der Waals surface area (Å²) in [5, 5.41) is 4.40. The first kappa shape index (κ1) is 29.3. The number of carbonyl (C=O) groups is 1. The van der Waals surface area contributed by atoms with Crippen molar-refractivity contribution in [3.05, 3.63) is 49.1 Å². The van der Waals surface area contributed by atoms with Gasteiger partial charge in [0.05, 0.1) is 43.2 Å². The monoisotopic (exact) mass is 594 g/mol. The van der Waals surface area contributed by atoms with Gasteiger partial charge in [0, 0.05) is 50.6 Å². The predicted octanol–water partition coefficient (Wildman–Crippen LogP) is 2.99. The van der Waals surface area contributed by atoms with Crippen molar-refractivity contribution in [3.63, 3.8) is 0 Å². The molecule has 1 atom stereocenters. The molecule has 2 aliphatic rings. The van der Waals surface area contributed by atoms with E-state index >= 15 is 0 Å². The molecule has 6 rings (SSSR count). The zero-order valence-corrected chi connectivity index (χ0v) is 25.5. The van der Waals surface area contributed by atoms with Crippen LogP contribution in [-0.2, 0) is 9.53 Å². The molecule has 0 radical (unpaired) electrons. The minimum Gasteiger partial charge on any atom is -0.378 e. The van der Waals surface area contributed by atoms with Gasteiger partial charge in [-0.3, -0.25) is 9.69 Å². The van der Waals surface area contributed by atoms with Gasteiger partial charge >= 0.3 is 0 Å². The highest BCUT2D eigenvalue weighted by atomic mass is 16.5. The molecule has 3 aromatic heterocycles. The Labute approximate surface area is 257 Å². The lowest BCUT2D eigenvalue weighted by Crippen LogP contribution is -2.48. The van der Waals surface area contributed by atoms with Crippen molar-refractivity contribution >= 4 is 40.1 Å². The molecule has 1 aromatic carbocycles. The van der Waals surface area contributed by atoms with E-state index in [9.17, 15) is 4.79 Å². The molecule has 2 aliphatic heterocycles. The van der Waals surface area contributed by atoms with Gasteiger partial charge in [-0.25, -0.2) is 19.9 Å². The first-order chi connectivity index (χ1) is 21.4. The SMILES string of the molecule is CN(C)CC#CC(=O)N(C)[C@@H]1CCCN(c2ncc(Nc3ccc(-c4cc5c(N6CCOCC6)ncnc5[nH]4)cc3)cn2)C1. The molecular weight excluding hydrogens is 556 g/mol. The molecule has 0 spiro atoms. The highest BCUT2D eigenvalue weighted by molar-refractivity contribution is 5.93. The maximum atomic E-state index is 12.6. The van der Waals surface area contributed by atoms with E-state index in [0.717, 1.165) is 72.0 Å².